The van der Waals surface area contributed by atoms with E-state index >= 15 is 0 Å². The van der Waals surface area contributed by atoms with Crippen LogP contribution in [-0.2, 0) is 4.79 Å². The number of unbranched alkanes of at least 4 members (excludes halogenated alkanes) is 1. The molecule has 1 aliphatic heterocycles. The van der Waals surface area contributed by atoms with Gasteiger partial charge in [-0.25, -0.2) is 9.59 Å². The van der Waals surface area contributed by atoms with E-state index < -0.39 is 12.0 Å². The minimum Gasteiger partial charge on any atom is -0.480 e. The summed E-state index contributed by atoms with van der Waals surface area (Å²) in [5, 5.41) is 11.8. The molecule has 0 spiro atoms. The van der Waals surface area contributed by atoms with Crippen LogP contribution >= 0.6 is 0 Å². The van der Waals surface area contributed by atoms with Crippen LogP contribution in [0.1, 0.15) is 59.3 Å². The molecule has 0 aliphatic carbocycles. The lowest BCUT2D eigenvalue weighted by molar-refractivity contribution is -0.139. The molecular weight excluding hydrogens is 256 g/mol. The Morgan fingerprint density at radius 3 is 2.40 bits per heavy atom. The molecule has 1 saturated heterocycles. The zero-order valence-corrected chi connectivity index (χ0v) is 12.9. The van der Waals surface area contributed by atoms with E-state index in [1.54, 1.807) is 4.90 Å². The first-order valence-electron chi connectivity index (χ1n) is 7.76. The second-order valence-electron chi connectivity index (χ2n) is 5.86. The van der Waals surface area contributed by atoms with Crippen molar-refractivity contribution in [3.05, 3.63) is 0 Å². The van der Waals surface area contributed by atoms with E-state index in [-0.39, 0.29) is 11.4 Å². The Balaban J connectivity index is 2.55. The Bertz CT molecular complexity index is 340. The van der Waals surface area contributed by atoms with Crippen molar-refractivity contribution in [3.8, 4) is 0 Å². The van der Waals surface area contributed by atoms with Crippen LogP contribution in [-0.4, -0.2) is 41.1 Å². The number of nitrogens with one attached hydrogen (secondary N) is 1. The van der Waals surface area contributed by atoms with Gasteiger partial charge >= 0.3 is 12.0 Å². The fourth-order valence-corrected chi connectivity index (χ4v) is 2.84. The summed E-state index contributed by atoms with van der Waals surface area (Å²) in [6.45, 7) is 7.80. The quantitative estimate of drug-likeness (QED) is 0.755. The number of amides is 2. The molecule has 1 fully saturated rings. The highest BCUT2D eigenvalue weighted by molar-refractivity contribution is 5.82. The van der Waals surface area contributed by atoms with Crippen LogP contribution in [0.25, 0.3) is 0 Å². The molecule has 2 N–H and O–H groups in total. The number of carboxylic acid groups (broad SMARTS) is 1. The molecule has 0 aromatic rings. The maximum Gasteiger partial charge on any atom is 0.326 e. The average molecular weight is 284 g/mol. The molecule has 1 aliphatic rings. The van der Waals surface area contributed by atoms with Gasteiger partial charge in [0.05, 0.1) is 0 Å². The van der Waals surface area contributed by atoms with Crippen LogP contribution in [0.3, 0.4) is 0 Å². The molecule has 0 radical (unpaired) electrons. The number of hydrogen-bond acceptors (Lipinski definition) is 2. The Morgan fingerprint density at radius 1 is 1.30 bits per heavy atom. The van der Waals surface area contributed by atoms with Gasteiger partial charge in [0.1, 0.15) is 6.04 Å². The summed E-state index contributed by atoms with van der Waals surface area (Å²) in [4.78, 5) is 25.1. The second-order valence-corrected chi connectivity index (χ2v) is 5.86. The Morgan fingerprint density at radius 2 is 1.95 bits per heavy atom. The van der Waals surface area contributed by atoms with Crippen LogP contribution in [0, 0.1) is 5.41 Å². The third-order valence-electron chi connectivity index (χ3n) is 4.67. The molecular formula is C15H28N2O3. The van der Waals surface area contributed by atoms with Crippen molar-refractivity contribution in [3.63, 3.8) is 0 Å². The fraction of sp³-hybridized carbons (Fsp3) is 0.867. The number of nitrogens with zero attached hydrogens (tertiary/aromatic N) is 1. The first kappa shape index (κ1) is 16.8. The fourth-order valence-electron chi connectivity index (χ4n) is 2.84. The first-order chi connectivity index (χ1) is 9.48. The van der Waals surface area contributed by atoms with Crippen molar-refractivity contribution in [2.75, 3.05) is 13.1 Å². The average Bonchev–Trinajstić information content (AvgIpc) is 2.88. The molecule has 20 heavy (non-hydrogen) atoms. The van der Waals surface area contributed by atoms with E-state index in [0.717, 1.165) is 45.2 Å². The van der Waals surface area contributed by atoms with Crippen molar-refractivity contribution in [2.24, 2.45) is 5.41 Å². The normalized spacial score (nSPS) is 18.9. The van der Waals surface area contributed by atoms with E-state index in [0.29, 0.717) is 6.42 Å². The summed E-state index contributed by atoms with van der Waals surface area (Å²) < 4.78 is 0. The number of hydrogen-bond donors (Lipinski definition) is 2. The second kappa shape index (κ2) is 7.50. The minimum absolute atomic E-state index is 0.222. The maximum atomic E-state index is 12.2. The number of carbonyl (C=O) groups excluding carboxylic acids is 1. The third kappa shape index (κ3) is 4.12. The molecule has 0 saturated carbocycles. The van der Waals surface area contributed by atoms with Gasteiger partial charge in [-0.1, -0.05) is 33.6 Å². The SMILES string of the molecule is CCCCC(NC(=O)N1CCC(CC)(CC)C1)C(=O)O. The first-order valence-corrected chi connectivity index (χ1v) is 7.76. The van der Waals surface area contributed by atoms with E-state index in [4.69, 9.17) is 5.11 Å². The van der Waals surface area contributed by atoms with Crippen molar-refractivity contribution >= 4 is 12.0 Å². The predicted molar refractivity (Wildman–Crippen MR) is 78.7 cm³/mol. The van der Waals surface area contributed by atoms with E-state index in [2.05, 4.69) is 19.2 Å². The Hall–Kier alpha value is -1.26. The van der Waals surface area contributed by atoms with Crippen LogP contribution in [0.2, 0.25) is 0 Å². The molecule has 1 heterocycles. The largest absolute Gasteiger partial charge is 0.480 e. The van der Waals surface area contributed by atoms with E-state index in [9.17, 15) is 9.59 Å². The smallest absolute Gasteiger partial charge is 0.326 e. The number of carboxylic acids is 1. The van der Waals surface area contributed by atoms with Crippen LogP contribution in [0.4, 0.5) is 4.79 Å². The molecule has 1 unspecified atom stereocenters. The lowest BCUT2D eigenvalue weighted by Crippen LogP contribution is -2.47. The third-order valence-corrected chi connectivity index (χ3v) is 4.67. The summed E-state index contributed by atoms with van der Waals surface area (Å²) in [7, 11) is 0. The van der Waals surface area contributed by atoms with Gasteiger partial charge in [-0.05, 0) is 31.1 Å². The zero-order chi connectivity index (χ0) is 15.2. The van der Waals surface area contributed by atoms with Crippen molar-refractivity contribution in [1.82, 2.24) is 10.2 Å². The van der Waals surface area contributed by atoms with Crippen LogP contribution < -0.4 is 5.32 Å². The van der Waals surface area contributed by atoms with E-state index in [1.807, 2.05) is 6.92 Å². The lowest BCUT2D eigenvalue weighted by Gasteiger charge is -2.27. The number of rotatable bonds is 7. The molecule has 5 nitrogen and oxygen atoms in total. The topological polar surface area (TPSA) is 69.6 Å². The summed E-state index contributed by atoms with van der Waals surface area (Å²) in [5.74, 6) is -0.941. The molecule has 1 atom stereocenters. The summed E-state index contributed by atoms with van der Waals surface area (Å²) >= 11 is 0. The number of aliphatic carboxylic acids is 1. The standard InChI is InChI=1S/C15H28N2O3/c1-4-7-8-12(13(18)19)16-14(20)17-10-9-15(5-2,6-3)11-17/h12H,4-11H2,1-3H3,(H,16,20)(H,18,19). The van der Waals surface area contributed by atoms with Crippen molar-refractivity contribution in [1.29, 1.82) is 0 Å². The van der Waals surface area contributed by atoms with E-state index in [1.165, 1.54) is 0 Å². The molecule has 116 valence electrons. The maximum absolute atomic E-state index is 12.2. The van der Waals surface area contributed by atoms with Gasteiger partial charge in [0, 0.05) is 13.1 Å². The van der Waals surface area contributed by atoms with Crippen molar-refractivity contribution in [2.45, 2.75) is 65.3 Å². The zero-order valence-electron chi connectivity index (χ0n) is 12.9. The van der Waals surface area contributed by atoms with Gasteiger partial charge in [0.25, 0.3) is 0 Å². The molecule has 1 rings (SSSR count). The Labute approximate surface area is 121 Å². The van der Waals surface area contributed by atoms with Crippen LogP contribution in [0.5, 0.6) is 0 Å². The molecule has 0 bridgehead atoms. The van der Waals surface area contributed by atoms with Gasteiger partial charge in [-0.2, -0.15) is 0 Å². The Kier molecular flexibility index (Phi) is 6.30. The molecule has 2 amide bonds. The summed E-state index contributed by atoms with van der Waals surface area (Å²) in [5.41, 5.74) is 0.222. The highest BCUT2D eigenvalue weighted by atomic mass is 16.4. The van der Waals surface area contributed by atoms with Gasteiger partial charge in [-0.15, -0.1) is 0 Å². The lowest BCUT2D eigenvalue weighted by atomic mass is 9.82. The van der Waals surface area contributed by atoms with Gasteiger partial charge in [0.2, 0.25) is 0 Å². The monoisotopic (exact) mass is 284 g/mol. The number of likely N-dealkylation sites (tertiary alicyclic amines) is 1. The number of carbonyl (C=O) groups is 2. The molecule has 5 heteroatoms. The van der Waals surface area contributed by atoms with Gasteiger partial charge < -0.3 is 15.3 Å². The highest BCUT2D eigenvalue weighted by Gasteiger charge is 2.37. The summed E-state index contributed by atoms with van der Waals surface area (Å²) in [6.07, 6.45) is 5.37. The van der Waals surface area contributed by atoms with Gasteiger partial charge in [-0.3, -0.25) is 0 Å². The molecule has 0 aromatic carbocycles. The molecule has 0 aromatic heterocycles. The minimum atomic E-state index is -0.941. The van der Waals surface area contributed by atoms with Gasteiger partial charge in [0.15, 0.2) is 0 Å². The number of urea groups is 1. The predicted octanol–water partition coefficient (Wildman–Crippen LogP) is 2.85. The summed E-state index contributed by atoms with van der Waals surface area (Å²) in [6, 6.07) is -0.988. The van der Waals surface area contributed by atoms with Crippen LogP contribution in [0.15, 0.2) is 0 Å². The highest BCUT2D eigenvalue weighted by Crippen LogP contribution is 2.36. The van der Waals surface area contributed by atoms with Crippen molar-refractivity contribution < 1.29 is 14.7 Å².